The summed E-state index contributed by atoms with van der Waals surface area (Å²) in [6, 6.07) is 16.9. The molecule has 2 aromatic carbocycles. The highest BCUT2D eigenvalue weighted by molar-refractivity contribution is 6.05. The highest BCUT2D eigenvalue weighted by Gasteiger charge is 2.22. The number of nitrogens with one attached hydrogen (secondary N) is 1. The first-order chi connectivity index (χ1) is 14.0. The maximum absolute atomic E-state index is 12.1. The lowest BCUT2D eigenvalue weighted by Gasteiger charge is -2.10. The molecule has 0 fully saturated rings. The third-order valence-electron chi connectivity index (χ3n) is 4.58. The van der Waals surface area contributed by atoms with Gasteiger partial charge >= 0.3 is 0 Å². The highest BCUT2D eigenvalue weighted by Crippen LogP contribution is 2.34. The Morgan fingerprint density at radius 1 is 1.14 bits per heavy atom. The van der Waals surface area contributed by atoms with Crippen molar-refractivity contribution in [3.63, 3.8) is 0 Å². The van der Waals surface area contributed by atoms with Gasteiger partial charge < -0.3 is 19.9 Å². The summed E-state index contributed by atoms with van der Waals surface area (Å²) in [5, 5.41) is 9.67. The molecule has 1 heterocycles. The number of carbonyl (C=O) groups excluding carboxylic acids is 1. The quantitative estimate of drug-likeness (QED) is 0.382. The maximum atomic E-state index is 12.1. The number of carbonyl (C=O) groups is 1. The number of anilines is 1. The molecule has 0 aliphatic carbocycles. The van der Waals surface area contributed by atoms with Crippen LogP contribution in [-0.2, 0) is 0 Å². The molecule has 0 unspecified atom stereocenters. The van der Waals surface area contributed by atoms with Crippen LogP contribution in [0.1, 0.15) is 16.8 Å². The number of para-hydroxylation sites is 1. The predicted octanol–water partition coefficient (Wildman–Crippen LogP) is 3.37. The number of primary amides is 1. The van der Waals surface area contributed by atoms with Gasteiger partial charge in [-0.2, -0.15) is 0 Å². The van der Waals surface area contributed by atoms with Gasteiger partial charge in [-0.05, 0) is 50.3 Å². The molecule has 0 atom stereocenters. The summed E-state index contributed by atoms with van der Waals surface area (Å²) in [6.45, 7) is 1.59. The minimum atomic E-state index is -0.629. The molecule has 0 bridgehead atoms. The van der Waals surface area contributed by atoms with Crippen LogP contribution in [0.25, 0.3) is 16.8 Å². The zero-order valence-corrected chi connectivity index (χ0v) is 16.6. The normalized spacial score (nSPS) is 10.9. The SMILES string of the molecule is CN(C)CCCOc1ccc(-c2cn(-c3ccccc3)c(NO)c2C(N)=O)cc1. The minimum absolute atomic E-state index is 0.219. The molecule has 0 spiro atoms. The summed E-state index contributed by atoms with van der Waals surface area (Å²) in [5.74, 6) is 0.356. The van der Waals surface area contributed by atoms with Gasteiger partial charge in [0.15, 0.2) is 0 Å². The van der Waals surface area contributed by atoms with Crippen molar-refractivity contribution < 1.29 is 14.7 Å². The van der Waals surface area contributed by atoms with Crippen LogP contribution in [0.4, 0.5) is 5.82 Å². The fourth-order valence-corrected chi connectivity index (χ4v) is 3.18. The Balaban J connectivity index is 1.90. The van der Waals surface area contributed by atoms with Gasteiger partial charge in [-0.3, -0.25) is 15.5 Å². The van der Waals surface area contributed by atoms with E-state index in [1.165, 1.54) is 0 Å². The third-order valence-corrected chi connectivity index (χ3v) is 4.58. The Morgan fingerprint density at radius 3 is 2.41 bits per heavy atom. The number of hydrogen-bond donors (Lipinski definition) is 3. The lowest BCUT2D eigenvalue weighted by Crippen LogP contribution is -2.15. The van der Waals surface area contributed by atoms with Crippen LogP contribution in [0.3, 0.4) is 0 Å². The van der Waals surface area contributed by atoms with Crippen LogP contribution in [0.2, 0.25) is 0 Å². The van der Waals surface area contributed by atoms with Crippen molar-refractivity contribution in [2.24, 2.45) is 5.73 Å². The first-order valence-electron chi connectivity index (χ1n) is 9.40. The lowest BCUT2D eigenvalue weighted by molar-refractivity contribution is 0.100. The van der Waals surface area contributed by atoms with Gasteiger partial charge in [-0.25, -0.2) is 0 Å². The summed E-state index contributed by atoms with van der Waals surface area (Å²) in [4.78, 5) is 14.3. The van der Waals surface area contributed by atoms with Gasteiger partial charge in [0.05, 0.1) is 12.2 Å². The molecule has 3 rings (SSSR count). The van der Waals surface area contributed by atoms with Gasteiger partial charge in [0.2, 0.25) is 0 Å². The van der Waals surface area contributed by atoms with Crippen molar-refractivity contribution >= 4 is 11.7 Å². The fourth-order valence-electron chi connectivity index (χ4n) is 3.18. The summed E-state index contributed by atoms with van der Waals surface area (Å²) >= 11 is 0. The molecule has 7 heteroatoms. The Bertz CT molecular complexity index is 950. The van der Waals surface area contributed by atoms with E-state index in [0.717, 1.165) is 30.0 Å². The third kappa shape index (κ3) is 4.77. The van der Waals surface area contributed by atoms with E-state index in [1.807, 2.05) is 68.7 Å². The maximum Gasteiger partial charge on any atom is 0.253 e. The largest absolute Gasteiger partial charge is 0.494 e. The number of rotatable bonds is 9. The fraction of sp³-hybridized carbons (Fsp3) is 0.227. The van der Waals surface area contributed by atoms with Crippen molar-refractivity contribution in [3.8, 4) is 22.6 Å². The van der Waals surface area contributed by atoms with E-state index in [-0.39, 0.29) is 11.4 Å². The average Bonchev–Trinajstić information content (AvgIpc) is 3.12. The van der Waals surface area contributed by atoms with Crippen LogP contribution < -0.4 is 16.0 Å². The molecule has 0 radical (unpaired) electrons. The Hall–Kier alpha value is -3.29. The molecular formula is C22H26N4O3. The van der Waals surface area contributed by atoms with Gasteiger partial charge in [0.1, 0.15) is 11.6 Å². The van der Waals surface area contributed by atoms with E-state index in [0.29, 0.717) is 12.2 Å². The number of nitrogens with zero attached hydrogens (tertiary/aromatic N) is 2. The minimum Gasteiger partial charge on any atom is -0.494 e. The molecule has 0 aliphatic rings. The number of nitrogens with two attached hydrogens (primary N) is 1. The summed E-state index contributed by atoms with van der Waals surface area (Å²) in [5.41, 5.74) is 10.2. The zero-order chi connectivity index (χ0) is 20.8. The van der Waals surface area contributed by atoms with E-state index in [1.54, 1.807) is 10.8 Å². The summed E-state index contributed by atoms with van der Waals surface area (Å²) in [6.07, 6.45) is 2.72. The van der Waals surface area contributed by atoms with Crippen LogP contribution in [0.15, 0.2) is 60.8 Å². The van der Waals surface area contributed by atoms with Crippen molar-refractivity contribution in [1.29, 1.82) is 0 Å². The highest BCUT2D eigenvalue weighted by atomic mass is 16.5. The number of hydrogen-bond acceptors (Lipinski definition) is 5. The van der Waals surface area contributed by atoms with Crippen molar-refractivity contribution in [1.82, 2.24) is 9.47 Å². The Labute approximate surface area is 170 Å². The van der Waals surface area contributed by atoms with Gasteiger partial charge in [-0.15, -0.1) is 0 Å². The van der Waals surface area contributed by atoms with Crippen molar-refractivity contribution in [2.75, 3.05) is 32.7 Å². The number of ether oxygens (including phenoxy) is 1. The Morgan fingerprint density at radius 2 is 1.83 bits per heavy atom. The van der Waals surface area contributed by atoms with E-state index in [4.69, 9.17) is 10.5 Å². The Kier molecular flexibility index (Phi) is 6.54. The molecule has 1 amide bonds. The molecule has 0 aliphatic heterocycles. The second kappa shape index (κ2) is 9.27. The lowest BCUT2D eigenvalue weighted by atomic mass is 10.0. The van der Waals surface area contributed by atoms with Crippen LogP contribution in [0.5, 0.6) is 5.75 Å². The van der Waals surface area contributed by atoms with E-state index in [2.05, 4.69) is 10.4 Å². The molecule has 3 aromatic rings. The van der Waals surface area contributed by atoms with Crippen LogP contribution in [0, 0.1) is 0 Å². The second-order valence-electron chi connectivity index (χ2n) is 6.98. The van der Waals surface area contributed by atoms with Crippen LogP contribution >= 0.6 is 0 Å². The number of aromatic nitrogens is 1. The molecule has 0 saturated carbocycles. The van der Waals surface area contributed by atoms with Crippen molar-refractivity contribution in [3.05, 3.63) is 66.4 Å². The van der Waals surface area contributed by atoms with Crippen LogP contribution in [-0.4, -0.2) is 47.8 Å². The van der Waals surface area contributed by atoms with E-state index >= 15 is 0 Å². The molecule has 7 nitrogen and oxygen atoms in total. The van der Waals surface area contributed by atoms with E-state index < -0.39 is 5.91 Å². The molecule has 152 valence electrons. The second-order valence-corrected chi connectivity index (χ2v) is 6.98. The standard InChI is InChI=1S/C22H26N4O3/c1-25(2)13-6-14-29-18-11-9-16(10-12-18)19-15-26(17-7-4-3-5-8-17)22(24-28)20(19)21(23)27/h3-5,7-12,15,24,28H,6,13-14H2,1-2H3,(H2,23,27). The molecule has 29 heavy (non-hydrogen) atoms. The summed E-state index contributed by atoms with van der Waals surface area (Å²) < 4.78 is 7.46. The number of benzene rings is 2. The molecular weight excluding hydrogens is 368 g/mol. The zero-order valence-electron chi connectivity index (χ0n) is 16.6. The molecule has 4 N–H and O–H groups in total. The average molecular weight is 394 g/mol. The first kappa shape index (κ1) is 20.4. The number of amides is 1. The summed E-state index contributed by atoms with van der Waals surface area (Å²) in [7, 11) is 4.06. The monoisotopic (exact) mass is 394 g/mol. The van der Waals surface area contributed by atoms with Gasteiger partial charge in [-0.1, -0.05) is 30.3 Å². The van der Waals surface area contributed by atoms with Crippen molar-refractivity contribution in [2.45, 2.75) is 6.42 Å². The topological polar surface area (TPSA) is 92.8 Å². The smallest absolute Gasteiger partial charge is 0.253 e. The predicted molar refractivity (Wildman–Crippen MR) is 114 cm³/mol. The van der Waals surface area contributed by atoms with Gasteiger partial charge in [0, 0.05) is 24.0 Å². The molecule has 0 saturated heterocycles. The van der Waals surface area contributed by atoms with E-state index in [9.17, 15) is 10.0 Å². The first-order valence-corrected chi connectivity index (χ1v) is 9.40. The molecule has 1 aromatic heterocycles. The van der Waals surface area contributed by atoms with Gasteiger partial charge in [0.25, 0.3) is 5.91 Å².